The average Bonchev–Trinajstić information content (AvgIpc) is 2.59. The molecule has 1 heterocycles. The smallest absolute Gasteiger partial charge is 0.319 e. The van der Waals surface area contributed by atoms with E-state index < -0.39 is 0 Å². The molecule has 1 saturated heterocycles. The van der Waals surface area contributed by atoms with E-state index >= 15 is 0 Å². The Bertz CT molecular complexity index is 461. The summed E-state index contributed by atoms with van der Waals surface area (Å²) in [4.78, 5) is 14.2. The van der Waals surface area contributed by atoms with Crippen LogP contribution in [0.25, 0.3) is 0 Å². The van der Waals surface area contributed by atoms with Crippen molar-refractivity contribution in [2.45, 2.75) is 13.3 Å². The van der Waals surface area contributed by atoms with Gasteiger partial charge >= 0.3 is 6.03 Å². The van der Waals surface area contributed by atoms with E-state index in [2.05, 4.69) is 27.7 Å². The molecule has 0 unspecified atom stereocenters. The summed E-state index contributed by atoms with van der Waals surface area (Å²) < 4.78 is 5.18. The fraction of sp³-hybridized carbons (Fsp3) is 0.588. The van der Waals surface area contributed by atoms with Gasteiger partial charge in [-0.2, -0.15) is 11.8 Å². The van der Waals surface area contributed by atoms with E-state index in [-0.39, 0.29) is 6.03 Å². The van der Waals surface area contributed by atoms with Crippen molar-refractivity contribution in [3.63, 3.8) is 0 Å². The van der Waals surface area contributed by atoms with Gasteiger partial charge in [-0.25, -0.2) is 4.79 Å². The molecule has 0 spiro atoms. The first-order chi connectivity index (χ1) is 11.3. The van der Waals surface area contributed by atoms with Crippen molar-refractivity contribution in [1.82, 2.24) is 10.2 Å². The third kappa shape index (κ3) is 7.24. The number of hydrogen-bond donors (Lipinski definition) is 2. The highest BCUT2D eigenvalue weighted by molar-refractivity contribution is 7.99. The highest BCUT2D eigenvalue weighted by Gasteiger charge is 2.09. The molecule has 0 atom stereocenters. The van der Waals surface area contributed by atoms with Gasteiger partial charge in [0, 0.05) is 50.0 Å². The summed E-state index contributed by atoms with van der Waals surface area (Å²) in [6.07, 6.45) is 1.06. The Kier molecular flexibility index (Phi) is 8.28. The number of rotatable bonds is 8. The summed E-state index contributed by atoms with van der Waals surface area (Å²) in [5.74, 6) is 2.50. The fourth-order valence-electron chi connectivity index (χ4n) is 2.42. The summed E-state index contributed by atoms with van der Waals surface area (Å²) in [7, 11) is 0. The maximum Gasteiger partial charge on any atom is 0.319 e. The van der Waals surface area contributed by atoms with Crippen molar-refractivity contribution in [1.29, 1.82) is 0 Å². The normalized spacial score (nSPS) is 15.3. The zero-order valence-corrected chi connectivity index (χ0v) is 14.7. The van der Waals surface area contributed by atoms with Crippen molar-refractivity contribution in [2.75, 3.05) is 56.2 Å². The lowest BCUT2D eigenvalue weighted by Gasteiger charge is -2.26. The van der Waals surface area contributed by atoms with Crippen LogP contribution in [0.15, 0.2) is 24.3 Å². The molecule has 2 rings (SSSR count). The maximum atomic E-state index is 11.7. The molecule has 0 aliphatic carbocycles. The Hall–Kier alpha value is -1.24. The first kappa shape index (κ1) is 18.1. The van der Waals surface area contributed by atoms with Crippen molar-refractivity contribution < 1.29 is 9.53 Å². The molecule has 5 nitrogen and oxygen atoms in total. The number of carbonyl (C=O) groups is 1. The van der Waals surface area contributed by atoms with E-state index in [0.29, 0.717) is 19.8 Å². The van der Waals surface area contributed by atoms with Gasteiger partial charge in [-0.15, -0.1) is 0 Å². The predicted octanol–water partition coefficient (Wildman–Crippen LogP) is 2.44. The van der Waals surface area contributed by atoms with Gasteiger partial charge < -0.3 is 20.3 Å². The van der Waals surface area contributed by atoms with Gasteiger partial charge in [-0.1, -0.05) is 12.1 Å². The zero-order chi connectivity index (χ0) is 16.3. The van der Waals surface area contributed by atoms with E-state index in [1.165, 1.54) is 30.2 Å². The number of anilines is 1. The monoisotopic (exact) mass is 337 g/mol. The quantitative estimate of drug-likeness (QED) is 0.716. The van der Waals surface area contributed by atoms with E-state index in [1.807, 2.05) is 30.8 Å². The minimum absolute atomic E-state index is 0.191. The number of ether oxygens (including phenoxy) is 1. The summed E-state index contributed by atoms with van der Waals surface area (Å²) >= 11 is 2.04. The number of hydrogen-bond acceptors (Lipinski definition) is 4. The van der Waals surface area contributed by atoms with Crippen LogP contribution in [-0.4, -0.2) is 61.8 Å². The first-order valence-corrected chi connectivity index (χ1v) is 9.45. The highest BCUT2D eigenvalue weighted by Crippen LogP contribution is 2.12. The van der Waals surface area contributed by atoms with E-state index in [4.69, 9.17) is 4.74 Å². The van der Waals surface area contributed by atoms with Crippen LogP contribution in [0.1, 0.15) is 12.5 Å². The number of thioether (sulfide) groups is 1. The second-order valence-electron chi connectivity index (χ2n) is 5.48. The number of nitrogens with zero attached hydrogens (tertiary/aromatic N) is 1. The van der Waals surface area contributed by atoms with Crippen LogP contribution in [-0.2, 0) is 11.2 Å². The van der Waals surface area contributed by atoms with Gasteiger partial charge in [0.2, 0.25) is 0 Å². The minimum Gasteiger partial charge on any atom is -0.380 e. The Morgan fingerprint density at radius 3 is 2.70 bits per heavy atom. The van der Waals surface area contributed by atoms with Gasteiger partial charge in [-0.3, -0.25) is 0 Å². The second-order valence-corrected chi connectivity index (χ2v) is 6.70. The second kappa shape index (κ2) is 10.5. The topological polar surface area (TPSA) is 53.6 Å². The van der Waals surface area contributed by atoms with E-state index in [1.54, 1.807) is 0 Å². The molecule has 0 saturated carbocycles. The number of urea groups is 1. The van der Waals surface area contributed by atoms with E-state index in [0.717, 1.165) is 18.7 Å². The van der Waals surface area contributed by atoms with Crippen molar-refractivity contribution >= 4 is 23.5 Å². The Morgan fingerprint density at radius 1 is 1.26 bits per heavy atom. The molecule has 6 heteroatoms. The van der Waals surface area contributed by atoms with Gasteiger partial charge in [0.25, 0.3) is 0 Å². The molecule has 2 N–H and O–H groups in total. The molecule has 0 radical (unpaired) electrons. The molecule has 128 valence electrons. The Morgan fingerprint density at radius 2 is 2.00 bits per heavy atom. The van der Waals surface area contributed by atoms with Crippen LogP contribution in [0.4, 0.5) is 10.5 Å². The number of amides is 2. The minimum atomic E-state index is -0.191. The van der Waals surface area contributed by atoms with Crippen LogP contribution >= 0.6 is 11.8 Å². The van der Waals surface area contributed by atoms with Gasteiger partial charge in [0.05, 0.1) is 6.61 Å². The van der Waals surface area contributed by atoms with Crippen LogP contribution in [0.3, 0.4) is 0 Å². The highest BCUT2D eigenvalue weighted by atomic mass is 32.2. The van der Waals surface area contributed by atoms with Crippen molar-refractivity contribution in [3.8, 4) is 0 Å². The lowest BCUT2D eigenvalue weighted by atomic mass is 10.1. The van der Waals surface area contributed by atoms with E-state index in [9.17, 15) is 4.79 Å². The Labute approximate surface area is 143 Å². The number of carbonyl (C=O) groups excluding carboxylic acids is 1. The van der Waals surface area contributed by atoms with Crippen LogP contribution in [0.5, 0.6) is 0 Å². The Balaban J connectivity index is 1.68. The molecule has 1 aliphatic heterocycles. The third-order valence-corrected chi connectivity index (χ3v) is 4.71. The molecule has 2 amide bonds. The lowest BCUT2D eigenvalue weighted by molar-refractivity contribution is 0.150. The maximum absolute atomic E-state index is 11.7. The predicted molar refractivity (Wildman–Crippen MR) is 97.4 cm³/mol. The fourth-order valence-corrected chi connectivity index (χ4v) is 3.40. The summed E-state index contributed by atoms with van der Waals surface area (Å²) in [5.41, 5.74) is 2.13. The molecule has 23 heavy (non-hydrogen) atoms. The standard InChI is InChI=1S/C17H27N3O2S/c1-2-22-12-8-18-17(21)19-16-5-3-15(4-6-16)7-9-20-10-13-23-14-11-20/h3-6H,2,7-14H2,1H3,(H2,18,19,21). The van der Waals surface area contributed by atoms with Gasteiger partial charge in [0.1, 0.15) is 0 Å². The van der Waals surface area contributed by atoms with Crippen LogP contribution in [0, 0.1) is 0 Å². The SMILES string of the molecule is CCOCCNC(=O)Nc1ccc(CCN2CCSCC2)cc1. The lowest BCUT2D eigenvalue weighted by Crippen LogP contribution is -2.34. The van der Waals surface area contributed by atoms with Crippen molar-refractivity contribution in [2.24, 2.45) is 0 Å². The number of benzene rings is 1. The summed E-state index contributed by atoms with van der Waals surface area (Å²) in [5, 5.41) is 5.60. The molecule has 1 aromatic rings. The molecule has 0 bridgehead atoms. The van der Waals surface area contributed by atoms with Crippen LogP contribution in [0.2, 0.25) is 0 Å². The van der Waals surface area contributed by atoms with Crippen LogP contribution < -0.4 is 10.6 Å². The molecular weight excluding hydrogens is 310 g/mol. The first-order valence-electron chi connectivity index (χ1n) is 8.29. The zero-order valence-electron chi connectivity index (χ0n) is 13.8. The summed E-state index contributed by atoms with van der Waals surface area (Å²) in [6, 6.07) is 7.92. The molecule has 1 fully saturated rings. The largest absolute Gasteiger partial charge is 0.380 e. The molecule has 1 aliphatic rings. The van der Waals surface area contributed by atoms with Crippen molar-refractivity contribution in [3.05, 3.63) is 29.8 Å². The molecule has 1 aromatic carbocycles. The summed E-state index contributed by atoms with van der Waals surface area (Å²) in [6.45, 7) is 7.18. The average molecular weight is 337 g/mol. The molecular formula is C17H27N3O2S. The number of nitrogens with one attached hydrogen (secondary N) is 2. The third-order valence-electron chi connectivity index (χ3n) is 3.77. The van der Waals surface area contributed by atoms with Gasteiger partial charge in [0.15, 0.2) is 0 Å². The molecule has 0 aromatic heterocycles. The van der Waals surface area contributed by atoms with Gasteiger partial charge in [-0.05, 0) is 31.0 Å².